The summed E-state index contributed by atoms with van der Waals surface area (Å²) in [5, 5.41) is 20.0. The number of rotatable bonds is 3. The SMILES string of the molecule is N#CC(=NO)c1ccc(Oc2ccc(C(F)(F)F)cc2Cl)cc1.[Na]. The molecule has 4 nitrogen and oxygen atoms in total. The number of hydrogen-bond acceptors (Lipinski definition) is 4. The number of halogens is 4. The molecule has 0 aliphatic carbocycles. The maximum absolute atomic E-state index is 12.6. The van der Waals surface area contributed by atoms with E-state index in [0.717, 1.165) is 18.2 Å². The van der Waals surface area contributed by atoms with Crippen LogP contribution in [0.3, 0.4) is 0 Å². The van der Waals surface area contributed by atoms with Gasteiger partial charge in [0.15, 0.2) is 5.71 Å². The Hall–Kier alpha value is -1.72. The molecule has 0 fully saturated rings. The van der Waals surface area contributed by atoms with Gasteiger partial charge in [-0.3, -0.25) is 0 Å². The first-order valence-electron chi connectivity index (χ1n) is 6.12. The zero-order valence-electron chi connectivity index (χ0n) is 12.3. The predicted octanol–water partition coefficient (Wildman–Crippen LogP) is 4.47. The summed E-state index contributed by atoms with van der Waals surface area (Å²) in [5.41, 5.74) is -0.687. The van der Waals surface area contributed by atoms with Gasteiger partial charge >= 0.3 is 6.18 Å². The van der Waals surface area contributed by atoms with E-state index in [1.807, 2.05) is 0 Å². The number of nitriles is 1. The molecule has 0 amide bonds. The summed E-state index contributed by atoms with van der Waals surface area (Å²) in [6, 6.07) is 10.3. The maximum Gasteiger partial charge on any atom is 0.416 e. The second-order valence-corrected chi connectivity index (χ2v) is 4.74. The largest absolute Gasteiger partial charge is 0.456 e. The van der Waals surface area contributed by atoms with Crippen molar-refractivity contribution in [2.24, 2.45) is 5.16 Å². The van der Waals surface area contributed by atoms with Crippen LogP contribution in [-0.4, -0.2) is 40.5 Å². The minimum Gasteiger partial charge on any atom is -0.456 e. The molecule has 0 atom stereocenters. The van der Waals surface area contributed by atoms with E-state index >= 15 is 0 Å². The van der Waals surface area contributed by atoms with Crippen LogP contribution in [0, 0.1) is 11.3 Å². The molecule has 0 heterocycles. The van der Waals surface area contributed by atoms with Gasteiger partial charge < -0.3 is 9.94 Å². The molecule has 1 radical (unpaired) electrons. The van der Waals surface area contributed by atoms with Crippen molar-refractivity contribution in [3.05, 3.63) is 58.6 Å². The Morgan fingerprint density at radius 2 is 1.79 bits per heavy atom. The standard InChI is InChI=1S/C15H8ClF3N2O2.Na/c16-12-7-10(15(17,18)19)3-6-14(12)23-11-4-1-9(2-5-11)13(8-20)21-22;/h1-7,22H;. The van der Waals surface area contributed by atoms with Crippen molar-refractivity contribution in [1.29, 1.82) is 5.26 Å². The zero-order valence-corrected chi connectivity index (χ0v) is 15.1. The Bertz CT molecular complexity index is 787. The molecule has 0 aromatic heterocycles. The number of ether oxygens (including phenoxy) is 1. The molecule has 2 rings (SSSR count). The number of alkyl halides is 3. The Labute approximate surface area is 162 Å². The van der Waals surface area contributed by atoms with E-state index in [4.69, 9.17) is 26.8 Å². The topological polar surface area (TPSA) is 65.6 Å². The Kier molecular flexibility index (Phi) is 7.11. The third-order valence-corrected chi connectivity index (χ3v) is 3.12. The van der Waals surface area contributed by atoms with Crippen LogP contribution < -0.4 is 4.74 Å². The molecule has 0 aliphatic rings. The van der Waals surface area contributed by atoms with Gasteiger partial charge in [0.2, 0.25) is 0 Å². The fourth-order valence-electron chi connectivity index (χ4n) is 1.71. The molecular weight excluding hydrogens is 356 g/mol. The van der Waals surface area contributed by atoms with E-state index in [1.54, 1.807) is 6.07 Å². The van der Waals surface area contributed by atoms with Crippen molar-refractivity contribution in [2.45, 2.75) is 6.18 Å². The Morgan fingerprint density at radius 1 is 1.17 bits per heavy atom. The summed E-state index contributed by atoms with van der Waals surface area (Å²) >= 11 is 5.79. The van der Waals surface area contributed by atoms with Crippen LogP contribution in [0.2, 0.25) is 5.02 Å². The van der Waals surface area contributed by atoms with Gasteiger partial charge in [0, 0.05) is 35.1 Å². The normalized spacial score (nSPS) is 11.4. The first-order valence-corrected chi connectivity index (χ1v) is 6.50. The molecule has 0 spiro atoms. The van der Waals surface area contributed by atoms with Crippen molar-refractivity contribution in [3.63, 3.8) is 0 Å². The Morgan fingerprint density at radius 3 is 2.25 bits per heavy atom. The molecule has 9 heteroatoms. The number of nitrogens with zero attached hydrogens (tertiary/aromatic N) is 2. The first kappa shape index (κ1) is 20.3. The molecule has 2 aromatic carbocycles. The van der Waals surface area contributed by atoms with E-state index in [0.29, 0.717) is 11.3 Å². The van der Waals surface area contributed by atoms with Gasteiger partial charge in [-0.15, -0.1) is 0 Å². The second kappa shape index (κ2) is 8.40. The summed E-state index contributed by atoms with van der Waals surface area (Å²) < 4.78 is 43.1. The quantitative estimate of drug-likeness (QED) is 0.378. The average molecular weight is 364 g/mol. The third-order valence-electron chi connectivity index (χ3n) is 2.82. The number of oxime groups is 1. The third kappa shape index (κ3) is 4.89. The van der Waals surface area contributed by atoms with E-state index in [1.165, 1.54) is 24.3 Å². The monoisotopic (exact) mass is 363 g/mol. The van der Waals surface area contributed by atoms with Gasteiger partial charge in [0.25, 0.3) is 0 Å². The smallest absolute Gasteiger partial charge is 0.416 e. The summed E-state index contributed by atoms with van der Waals surface area (Å²) in [5.74, 6) is 0.356. The van der Waals surface area contributed by atoms with Crippen LogP contribution in [0.15, 0.2) is 47.6 Å². The van der Waals surface area contributed by atoms with E-state index in [-0.39, 0.29) is 46.0 Å². The molecule has 119 valence electrons. The van der Waals surface area contributed by atoms with Gasteiger partial charge in [-0.25, -0.2) is 0 Å². The van der Waals surface area contributed by atoms with Crippen LogP contribution in [-0.2, 0) is 6.18 Å². The van der Waals surface area contributed by atoms with Gasteiger partial charge in [-0.1, -0.05) is 16.8 Å². The van der Waals surface area contributed by atoms with E-state index in [2.05, 4.69) is 5.16 Å². The first-order chi connectivity index (χ1) is 10.8. The van der Waals surface area contributed by atoms with Crippen LogP contribution in [0.5, 0.6) is 11.5 Å². The molecule has 2 aromatic rings. The van der Waals surface area contributed by atoms with Crippen molar-refractivity contribution in [1.82, 2.24) is 0 Å². The molecule has 0 saturated heterocycles. The molecule has 0 bridgehead atoms. The van der Waals surface area contributed by atoms with Crippen molar-refractivity contribution in [2.75, 3.05) is 0 Å². The zero-order chi connectivity index (χ0) is 17.0. The minimum atomic E-state index is -4.48. The minimum absolute atomic E-state index is 0. The molecule has 24 heavy (non-hydrogen) atoms. The molecule has 0 saturated carbocycles. The van der Waals surface area contributed by atoms with Crippen LogP contribution in [0.25, 0.3) is 0 Å². The van der Waals surface area contributed by atoms with Crippen molar-refractivity contribution in [3.8, 4) is 17.6 Å². The molecule has 1 N–H and O–H groups in total. The van der Waals surface area contributed by atoms with E-state index in [9.17, 15) is 13.2 Å². The van der Waals surface area contributed by atoms with Crippen molar-refractivity contribution < 1.29 is 23.1 Å². The summed E-state index contributed by atoms with van der Waals surface area (Å²) in [6.45, 7) is 0. The number of benzene rings is 2. The van der Waals surface area contributed by atoms with Gasteiger partial charge in [0.1, 0.15) is 17.6 Å². The predicted molar refractivity (Wildman–Crippen MR) is 82.7 cm³/mol. The average Bonchev–Trinajstić information content (AvgIpc) is 2.51. The summed E-state index contributed by atoms with van der Waals surface area (Å²) in [7, 11) is 0. The Balaban J connectivity index is 0.00000288. The van der Waals surface area contributed by atoms with Crippen LogP contribution >= 0.6 is 11.6 Å². The summed E-state index contributed by atoms with van der Waals surface area (Å²) in [6.07, 6.45) is -4.48. The van der Waals surface area contributed by atoms with Gasteiger partial charge in [-0.05, 0) is 42.5 Å². The molecular formula is C15H8ClF3N2NaO2. The molecule has 0 unspecified atom stereocenters. The summed E-state index contributed by atoms with van der Waals surface area (Å²) in [4.78, 5) is 0. The second-order valence-electron chi connectivity index (χ2n) is 4.33. The van der Waals surface area contributed by atoms with E-state index < -0.39 is 11.7 Å². The molecule has 0 aliphatic heterocycles. The van der Waals surface area contributed by atoms with Gasteiger partial charge in [0.05, 0.1) is 10.6 Å². The van der Waals surface area contributed by atoms with Crippen molar-refractivity contribution >= 4 is 46.9 Å². The van der Waals surface area contributed by atoms with Crippen LogP contribution in [0.4, 0.5) is 13.2 Å². The fourth-order valence-corrected chi connectivity index (χ4v) is 1.93. The van der Waals surface area contributed by atoms with Crippen LogP contribution in [0.1, 0.15) is 11.1 Å². The van der Waals surface area contributed by atoms with Gasteiger partial charge in [-0.2, -0.15) is 18.4 Å². The maximum atomic E-state index is 12.6. The fraction of sp³-hybridized carbons (Fsp3) is 0.0667. The number of hydrogen-bond donors (Lipinski definition) is 1.